The first-order chi connectivity index (χ1) is 10.1. The van der Waals surface area contributed by atoms with Crippen LogP contribution in [0.3, 0.4) is 0 Å². The molecule has 1 amide bonds. The van der Waals surface area contributed by atoms with Gasteiger partial charge in [-0.3, -0.25) is 4.79 Å². The van der Waals surface area contributed by atoms with Crippen molar-refractivity contribution in [3.8, 4) is 0 Å². The molecule has 5 nitrogen and oxygen atoms in total. The Hall–Kier alpha value is -2.27. The lowest BCUT2D eigenvalue weighted by Crippen LogP contribution is -2.21. The number of nitrogens with one attached hydrogen (secondary N) is 1. The summed E-state index contributed by atoms with van der Waals surface area (Å²) in [5.41, 5.74) is 0.875. The van der Waals surface area contributed by atoms with Crippen LogP contribution in [0.5, 0.6) is 0 Å². The molecule has 1 N–H and O–H groups in total. The summed E-state index contributed by atoms with van der Waals surface area (Å²) in [4.78, 5) is 23.7. The molecule has 0 bridgehead atoms. The van der Waals surface area contributed by atoms with Gasteiger partial charge in [0, 0.05) is 6.20 Å². The van der Waals surface area contributed by atoms with Crippen molar-refractivity contribution in [3.05, 3.63) is 53.3 Å². The van der Waals surface area contributed by atoms with Gasteiger partial charge in [0.2, 0.25) is 5.91 Å². The first-order valence-electron chi connectivity index (χ1n) is 6.48. The number of amides is 1. The number of benzene rings is 1. The van der Waals surface area contributed by atoms with Crippen molar-refractivity contribution < 1.29 is 14.3 Å². The molecule has 110 valence electrons. The van der Waals surface area contributed by atoms with E-state index in [-0.39, 0.29) is 19.1 Å². The van der Waals surface area contributed by atoms with E-state index in [0.29, 0.717) is 16.4 Å². The topological polar surface area (TPSA) is 60.3 Å². The van der Waals surface area contributed by atoms with Gasteiger partial charge in [-0.2, -0.15) is 0 Å². The predicted molar refractivity (Wildman–Crippen MR) is 80.5 cm³/mol. The van der Waals surface area contributed by atoms with Gasteiger partial charge in [0.25, 0.3) is 0 Å². The summed E-state index contributed by atoms with van der Waals surface area (Å²) >= 11 is 5.98. The Labute approximate surface area is 127 Å². The molecule has 0 unspecified atom stereocenters. The van der Waals surface area contributed by atoms with E-state index in [4.69, 9.17) is 16.3 Å². The van der Waals surface area contributed by atoms with E-state index in [9.17, 15) is 9.59 Å². The summed E-state index contributed by atoms with van der Waals surface area (Å²) in [6.07, 6.45) is 1.65. The standard InChI is InChI=1S/C15H15ClN2O3/c1-2-21-15(20)13-8-5-9-18(13)10-14(19)17-12-7-4-3-6-11(12)16/h3-9H,2,10H2,1H3,(H,17,19). The maximum Gasteiger partial charge on any atom is 0.354 e. The molecular weight excluding hydrogens is 292 g/mol. The molecule has 21 heavy (non-hydrogen) atoms. The highest BCUT2D eigenvalue weighted by molar-refractivity contribution is 6.33. The number of para-hydroxylation sites is 1. The number of esters is 1. The average Bonchev–Trinajstić information content (AvgIpc) is 2.90. The maximum absolute atomic E-state index is 12.0. The van der Waals surface area contributed by atoms with Crippen molar-refractivity contribution in [2.24, 2.45) is 0 Å². The molecule has 0 spiro atoms. The fourth-order valence-corrected chi connectivity index (χ4v) is 2.03. The van der Waals surface area contributed by atoms with Crippen molar-refractivity contribution in [3.63, 3.8) is 0 Å². The fourth-order valence-electron chi connectivity index (χ4n) is 1.85. The lowest BCUT2D eigenvalue weighted by atomic mass is 10.3. The van der Waals surface area contributed by atoms with Gasteiger partial charge in [-0.25, -0.2) is 4.79 Å². The van der Waals surface area contributed by atoms with E-state index < -0.39 is 5.97 Å². The number of rotatable bonds is 5. The van der Waals surface area contributed by atoms with E-state index in [1.807, 2.05) is 0 Å². The van der Waals surface area contributed by atoms with Crippen LogP contribution in [0.2, 0.25) is 5.02 Å². The number of hydrogen-bond donors (Lipinski definition) is 1. The van der Waals surface area contributed by atoms with Crippen molar-refractivity contribution in [1.29, 1.82) is 0 Å². The Morgan fingerprint density at radius 1 is 1.24 bits per heavy atom. The summed E-state index contributed by atoms with van der Waals surface area (Å²) in [5, 5.41) is 3.16. The van der Waals surface area contributed by atoms with Gasteiger partial charge in [0.1, 0.15) is 12.2 Å². The Morgan fingerprint density at radius 2 is 2.00 bits per heavy atom. The van der Waals surface area contributed by atoms with Gasteiger partial charge in [-0.15, -0.1) is 0 Å². The quantitative estimate of drug-likeness (QED) is 0.864. The molecule has 6 heteroatoms. The second kappa shape index (κ2) is 6.95. The molecular formula is C15H15ClN2O3. The fraction of sp³-hybridized carbons (Fsp3) is 0.200. The normalized spacial score (nSPS) is 10.2. The molecule has 1 aromatic heterocycles. The zero-order valence-corrected chi connectivity index (χ0v) is 12.3. The first kappa shape index (κ1) is 15.1. The highest BCUT2D eigenvalue weighted by atomic mass is 35.5. The molecule has 0 aliphatic rings. The number of ether oxygens (including phenoxy) is 1. The zero-order chi connectivity index (χ0) is 15.2. The Kier molecular flexibility index (Phi) is 5.00. The van der Waals surface area contributed by atoms with Crippen LogP contribution in [-0.2, 0) is 16.1 Å². The number of aromatic nitrogens is 1. The monoisotopic (exact) mass is 306 g/mol. The molecule has 0 aliphatic carbocycles. The molecule has 0 saturated heterocycles. The molecule has 0 fully saturated rings. The van der Waals surface area contributed by atoms with Gasteiger partial charge in [0.05, 0.1) is 17.3 Å². The van der Waals surface area contributed by atoms with Gasteiger partial charge in [-0.05, 0) is 31.2 Å². The number of carbonyl (C=O) groups is 2. The molecule has 2 aromatic rings. The third kappa shape index (κ3) is 3.86. The van der Waals surface area contributed by atoms with E-state index in [1.54, 1.807) is 49.5 Å². The van der Waals surface area contributed by atoms with E-state index in [2.05, 4.69) is 5.32 Å². The van der Waals surface area contributed by atoms with Crippen LogP contribution in [0.4, 0.5) is 5.69 Å². The van der Waals surface area contributed by atoms with Crippen LogP contribution in [0.15, 0.2) is 42.6 Å². The number of anilines is 1. The van der Waals surface area contributed by atoms with Crippen molar-refractivity contribution in [1.82, 2.24) is 4.57 Å². The maximum atomic E-state index is 12.0. The number of nitrogens with zero attached hydrogens (tertiary/aromatic N) is 1. The van der Waals surface area contributed by atoms with Gasteiger partial charge in [0.15, 0.2) is 0 Å². The number of hydrogen-bond acceptors (Lipinski definition) is 3. The van der Waals surface area contributed by atoms with Crippen molar-refractivity contribution >= 4 is 29.2 Å². The molecule has 0 aliphatic heterocycles. The summed E-state index contributed by atoms with van der Waals surface area (Å²) < 4.78 is 6.47. The van der Waals surface area contributed by atoms with Gasteiger partial charge >= 0.3 is 5.97 Å². The van der Waals surface area contributed by atoms with Crippen LogP contribution in [-0.4, -0.2) is 23.1 Å². The number of halogens is 1. The Bertz CT molecular complexity index is 652. The third-order valence-corrected chi connectivity index (χ3v) is 3.11. The van der Waals surface area contributed by atoms with Crippen LogP contribution in [0.1, 0.15) is 17.4 Å². The Balaban J connectivity index is 2.05. The lowest BCUT2D eigenvalue weighted by molar-refractivity contribution is -0.116. The molecule has 0 saturated carbocycles. The van der Waals surface area contributed by atoms with Crippen LogP contribution in [0, 0.1) is 0 Å². The van der Waals surface area contributed by atoms with Crippen LogP contribution < -0.4 is 5.32 Å². The molecule has 0 atom stereocenters. The molecule has 1 heterocycles. The lowest BCUT2D eigenvalue weighted by Gasteiger charge is -2.10. The summed E-state index contributed by atoms with van der Waals surface area (Å²) in [6, 6.07) is 10.3. The Morgan fingerprint density at radius 3 is 2.71 bits per heavy atom. The number of carbonyl (C=O) groups excluding carboxylic acids is 2. The second-order valence-electron chi connectivity index (χ2n) is 4.27. The van der Waals surface area contributed by atoms with E-state index in [1.165, 1.54) is 4.57 Å². The minimum absolute atomic E-state index is 0.00632. The van der Waals surface area contributed by atoms with Crippen molar-refractivity contribution in [2.45, 2.75) is 13.5 Å². The molecule has 1 aromatic carbocycles. The SMILES string of the molecule is CCOC(=O)c1cccn1CC(=O)Nc1ccccc1Cl. The minimum Gasteiger partial charge on any atom is -0.461 e. The molecule has 2 rings (SSSR count). The van der Waals surface area contributed by atoms with Crippen LogP contribution >= 0.6 is 11.6 Å². The zero-order valence-electron chi connectivity index (χ0n) is 11.5. The first-order valence-corrected chi connectivity index (χ1v) is 6.86. The summed E-state index contributed by atoms with van der Waals surface area (Å²) in [5.74, 6) is -0.724. The van der Waals surface area contributed by atoms with Crippen molar-refractivity contribution in [2.75, 3.05) is 11.9 Å². The van der Waals surface area contributed by atoms with E-state index in [0.717, 1.165) is 0 Å². The highest BCUT2D eigenvalue weighted by Gasteiger charge is 2.14. The van der Waals surface area contributed by atoms with Crippen LogP contribution in [0.25, 0.3) is 0 Å². The minimum atomic E-state index is -0.451. The predicted octanol–water partition coefficient (Wildman–Crippen LogP) is 2.96. The molecule has 0 radical (unpaired) electrons. The van der Waals surface area contributed by atoms with Gasteiger partial charge < -0.3 is 14.6 Å². The second-order valence-corrected chi connectivity index (χ2v) is 4.68. The average molecular weight is 307 g/mol. The summed E-state index contributed by atoms with van der Waals surface area (Å²) in [7, 11) is 0. The highest BCUT2D eigenvalue weighted by Crippen LogP contribution is 2.20. The van der Waals surface area contributed by atoms with E-state index >= 15 is 0 Å². The smallest absolute Gasteiger partial charge is 0.354 e. The summed E-state index contributed by atoms with van der Waals surface area (Å²) in [6.45, 7) is 2.03. The third-order valence-electron chi connectivity index (χ3n) is 2.78. The van der Waals surface area contributed by atoms with Gasteiger partial charge in [-0.1, -0.05) is 23.7 Å². The largest absolute Gasteiger partial charge is 0.461 e.